The molecule has 2 aromatic heterocycles. The van der Waals surface area contributed by atoms with Gasteiger partial charge in [0, 0.05) is 36.6 Å². The summed E-state index contributed by atoms with van der Waals surface area (Å²) in [5, 5.41) is 4.31. The quantitative estimate of drug-likeness (QED) is 0.743. The van der Waals surface area contributed by atoms with Crippen LogP contribution in [0.3, 0.4) is 0 Å². The summed E-state index contributed by atoms with van der Waals surface area (Å²) < 4.78 is 7.23. The summed E-state index contributed by atoms with van der Waals surface area (Å²) in [5.74, 6) is 0.765. The van der Waals surface area contributed by atoms with E-state index in [1.807, 2.05) is 46.1 Å². The second kappa shape index (κ2) is 6.31. The number of piperidine rings is 1. The number of aromatic nitrogens is 3. The zero-order chi connectivity index (χ0) is 16.4. The molecule has 3 aromatic rings. The van der Waals surface area contributed by atoms with Gasteiger partial charge in [-0.15, -0.1) is 0 Å². The highest BCUT2D eigenvalue weighted by Crippen LogP contribution is 2.23. The van der Waals surface area contributed by atoms with Crippen LogP contribution in [0.15, 0.2) is 59.7 Å². The summed E-state index contributed by atoms with van der Waals surface area (Å²) in [4.78, 5) is 18.6. The lowest BCUT2D eigenvalue weighted by Gasteiger charge is -2.33. The van der Waals surface area contributed by atoms with Gasteiger partial charge in [-0.25, -0.2) is 4.98 Å². The van der Waals surface area contributed by atoms with Gasteiger partial charge in [-0.2, -0.15) is 5.10 Å². The standard InChI is InChI=1S/C18H18N4O2/c23-18(15-6-4-14(5-7-15)17-11-19-13-24-17)21-9-1-3-16(12-21)22-10-2-8-20-22/h2,4-8,10-11,13,16H,1,3,9,12H2. The summed E-state index contributed by atoms with van der Waals surface area (Å²) in [5.41, 5.74) is 1.61. The maximum atomic E-state index is 12.8. The van der Waals surface area contributed by atoms with Crippen molar-refractivity contribution in [1.29, 1.82) is 0 Å². The van der Waals surface area contributed by atoms with Gasteiger partial charge in [0.1, 0.15) is 0 Å². The van der Waals surface area contributed by atoms with Gasteiger partial charge in [0.15, 0.2) is 12.2 Å². The Labute approximate surface area is 139 Å². The molecule has 1 unspecified atom stereocenters. The van der Waals surface area contributed by atoms with E-state index >= 15 is 0 Å². The second-order valence-corrected chi connectivity index (χ2v) is 5.98. The highest BCUT2D eigenvalue weighted by Gasteiger charge is 2.25. The molecule has 1 saturated heterocycles. The number of carbonyl (C=O) groups is 1. The van der Waals surface area contributed by atoms with Crippen molar-refractivity contribution >= 4 is 5.91 Å². The highest BCUT2D eigenvalue weighted by atomic mass is 16.3. The molecule has 24 heavy (non-hydrogen) atoms. The molecule has 0 radical (unpaired) electrons. The van der Waals surface area contributed by atoms with Crippen molar-refractivity contribution in [2.75, 3.05) is 13.1 Å². The van der Waals surface area contributed by atoms with Gasteiger partial charge >= 0.3 is 0 Å². The molecule has 1 amide bonds. The molecule has 1 aromatic carbocycles. The van der Waals surface area contributed by atoms with Crippen molar-refractivity contribution in [2.24, 2.45) is 0 Å². The number of nitrogens with zero attached hydrogens (tertiary/aromatic N) is 4. The minimum absolute atomic E-state index is 0.0657. The van der Waals surface area contributed by atoms with Gasteiger partial charge in [0.2, 0.25) is 0 Å². The normalized spacial score (nSPS) is 17.8. The number of carbonyl (C=O) groups excluding carboxylic acids is 1. The fourth-order valence-electron chi connectivity index (χ4n) is 3.17. The summed E-state index contributed by atoms with van der Waals surface area (Å²) >= 11 is 0. The predicted molar refractivity (Wildman–Crippen MR) is 88.3 cm³/mol. The number of hydrogen-bond donors (Lipinski definition) is 0. The minimum Gasteiger partial charge on any atom is -0.444 e. The Balaban J connectivity index is 1.49. The maximum absolute atomic E-state index is 12.8. The van der Waals surface area contributed by atoms with Crippen molar-refractivity contribution in [3.8, 4) is 11.3 Å². The molecule has 4 rings (SSSR count). The van der Waals surface area contributed by atoms with Crippen LogP contribution in [0.25, 0.3) is 11.3 Å². The van der Waals surface area contributed by atoms with Crippen LogP contribution in [0.2, 0.25) is 0 Å². The topological polar surface area (TPSA) is 64.2 Å². The third-order valence-electron chi connectivity index (χ3n) is 4.43. The minimum atomic E-state index is 0.0657. The van der Waals surface area contributed by atoms with E-state index in [-0.39, 0.29) is 11.9 Å². The number of amides is 1. The summed E-state index contributed by atoms with van der Waals surface area (Å²) in [6.07, 6.45) is 8.85. The molecule has 0 bridgehead atoms. The Hall–Kier alpha value is -2.89. The first-order chi connectivity index (χ1) is 11.8. The second-order valence-electron chi connectivity index (χ2n) is 5.98. The molecule has 6 nitrogen and oxygen atoms in total. The highest BCUT2D eigenvalue weighted by molar-refractivity contribution is 5.94. The van der Waals surface area contributed by atoms with Crippen molar-refractivity contribution in [1.82, 2.24) is 19.7 Å². The van der Waals surface area contributed by atoms with Crippen LogP contribution >= 0.6 is 0 Å². The van der Waals surface area contributed by atoms with Gasteiger partial charge < -0.3 is 9.32 Å². The lowest BCUT2D eigenvalue weighted by molar-refractivity contribution is 0.0673. The first kappa shape index (κ1) is 14.7. The Morgan fingerprint density at radius 3 is 2.83 bits per heavy atom. The summed E-state index contributed by atoms with van der Waals surface area (Å²) in [6, 6.07) is 9.65. The van der Waals surface area contributed by atoms with E-state index in [0.29, 0.717) is 17.9 Å². The van der Waals surface area contributed by atoms with Gasteiger partial charge in [-0.05, 0) is 31.0 Å². The van der Waals surface area contributed by atoms with Crippen LogP contribution in [0.5, 0.6) is 0 Å². The first-order valence-electron chi connectivity index (χ1n) is 8.08. The number of likely N-dealkylation sites (tertiary alicyclic amines) is 1. The number of oxazole rings is 1. The van der Waals surface area contributed by atoms with Crippen molar-refractivity contribution in [2.45, 2.75) is 18.9 Å². The molecule has 0 spiro atoms. The van der Waals surface area contributed by atoms with E-state index in [1.54, 1.807) is 12.4 Å². The van der Waals surface area contributed by atoms with Gasteiger partial charge in [0.25, 0.3) is 5.91 Å². The molecule has 1 aliphatic heterocycles. The number of benzene rings is 1. The molecule has 0 N–H and O–H groups in total. The Bertz CT molecular complexity index is 794. The predicted octanol–water partition coefficient (Wildman–Crippen LogP) is 3.02. The smallest absolute Gasteiger partial charge is 0.253 e. The monoisotopic (exact) mass is 322 g/mol. The van der Waals surface area contributed by atoms with E-state index < -0.39 is 0 Å². The zero-order valence-electron chi connectivity index (χ0n) is 13.2. The molecule has 0 saturated carbocycles. The van der Waals surface area contributed by atoms with E-state index in [4.69, 9.17) is 4.42 Å². The van der Waals surface area contributed by atoms with Crippen LogP contribution in [0.4, 0.5) is 0 Å². The molecule has 1 aliphatic rings. The van der Waals surface area contributed by atoms with Crippen molar-refractivity contribution < 1.29 is 9.21 Å². The number of rotatable bonds is 3. The average Bonchev–Trinajstić information content (AvgIpc) is 3.35. The molecule has 0 aliphatic carbocycles. The van der Waals surface area contributed by atoms with Crippen LogP contribution in [0, 0.1) is 0 Å². The first-order valence-corrected chi connectivity index (χ1v) is 8.08. The van der Waals surface area contributed by atoms with E-state index in [9.17, 15) is 4.79 Å². The molecule has 1 atom stereocenters. The molecule has 3 heterocycles. The van der Waals surface area contributed by atoms with E-state index in [1.165, 1.54) is 6.39 Å². The third kappa shape index (κ3) is 2.82. The van der Waals surface area contributed by atoms with Crippen molar-refractivity contribution in [3.05, 3.63) is 60.9 Å². The van der Waals surface area contributed by atoms with Crippen molar-refractivity contribution in [3.63, 3.8) is 0 Å². The molecule has 122 valence electrons. The molecular weight excluding hydrogens is 304 g/mol. The third-order valence-corrected chi connectivity index (χ3v) is 4.43. The Morgan fingerprint density at radius 2 is 2.12 bits per heavy atom. The van der Waals surface area contributed by atoms with E-state index in [0.717, 1.165) is 24.9 Å². The van der Waals surface area contributed by atoms with Crippen LogP contribution in [-0.2, 0) is 0 Å². The maximum Gasteiger partial charge on any atom is 0.253 e. The fraction of sp³-hybridized carbons (Fsp3) is 0.278. The zero-order valence-corrected chi connectivity index (χ0v) is 13.2. The Morgan fingerprint density at radius 1 is 1.25 bits per heavy atom. The van der Waals surface area contributed by atoms with E-state index in [2.05, 4.69) is 10.1 Å². The summed E-state index contributed by atoms with van der Waals surface area (Å²) in [7, 11) is 0. The van der Waals surface area contributed by atoms with Crippen LogP contribution < -0.4 is 0 Å². The van der Waals surface area contributed by atoms with Gasteiger partial charge in [0.05, 0.1) is 12.2 Å². The Kier molecular flexibility index (Phi) is 3.86. The van der Waals surface area contributed by atoms with Gasteiger partial charge in [-0.1, -0.05) is 12.1 Å². The molecular formula is C18H18N4O2. The average molecular weight is 322 g/mol. The lowest BCUT2D eigenvalue weighted by Crippen LogP contribution is -2.40. The van der Waals surface area contributed by atoms with Crippen LogP contribution in [0.1, 0.15) is 29.2 Å². The largest absolute Gasteiger partial charge is 0.444 e. The molecule has 6 heteroatoms. The van der Waals surface area contributed by atoms with Gasteiger partial charge in [-0.3, -0.25) is 9.48 Å². The molecule has 1 fully saturated rings. The SMILES string of the molecule is O=C(c1ccc(-c2cnco2)cc1)N1CCCC(n2cccn2)C1. The lowest BCUT2D eigenvalue weighted by atomic mass is 10.0. The summed E-state index contributed by atoms with van der Waals surface area (Å²) in [6.45, 7) is 1.49. The fourth-order valence-corrected chi connectivity index (χ4v) is 3.17. The number of hydrogen-bond acceptors (Lipinski definition) is 4. The van der Waals surface area contributed by atoms with Crippen LogP contribution in [-0.4, -0.2) is 38.7 Å².